The molecule has 0 bridgehead atoms. The molecule has 0 aliphatic carbocycles. The quantitative estimate of drug-likeness (QED) is 0.440. The second kappa shape index (κ2) is 7.09. The number of benzene rings is 2. The van der Waals surface area contributed by atoms with Gasteiger partial charge in [0, 0.05) is 17.7 Å². The number of ether oxygens (including phenoxy) is 3. The highest BCUT2D eigenvalue weighted by Gasteiger charge is 2.46. The zero-order valence-corrected chi connectivity index (χ0v) is 16.3. The molecule has 4 rings (SSSR count). The molecule has 2 aliphatic heterocycles. The van der Waals surface area contributed by atoms with Gasteiger partial charge < -0.3 is 19.1 Å². The summed E-state index contributed by atoms with van der Waals surface area (Å²) in [5.74, 6) is -0.876. The van der Waals surface area contributed by atoms with Crippen molar-refractivity contribution in [2.45, 2.75) is 6.42 Å². The van der Waals surface area contributed by atoms with Crippen LogP contribution in [0.2, 0.25) is 0 Å². The van der Waals surface area contributed by atoms with Crippen molar-refractivity contribution in [2.24, 2.45) is 0 Å². The molecule has 148 valence electrons. The van der Waals surface area contributed by atoms with Gasteiger partial charge in [-0.3, -0.25) is 14.4 Å². The van der Waals surface area contributed by atoms with Crippen molar-refractivity contribution in [3.63, 3.8) is 0 Å². The van der Waals surface area contributed by atoms with E-state index in [1.165, 1.54) is 26.2 Å². The summed E-state index contributed by atoms with van der Waals surface area (Å²) in [7, 11) is 4.46. The van der Waals surface area contributed by atoms with Crippen molar-refractivity contribution in [1.29, 1.82) is 0 Å². The maximum atomic E-state index is 13.2. The van der Waals surface area contributed by atoms with Crippen molar-refractivity contribution in [3.05, 3.63) is 58.7 Å². The van der Waals surface area contributed by atoms with Gasteiger partial charge in [0.05, 0.1) is 27.0 Å². The number of ketones is 2. The van der Waals surface area contributed by atoms with E-state index < -0.39 is 17.5 Å². The lowest BCUT2D eigenvalue weighted by Crippen LogP contribution is -2.33. The van der Waals surface area contributed by atoms with Gasteiger partial charge in [-0.05, 0) is 18.1 Å². The van der Waals surface area contributed by atoms with Crippen LogP contribution in [-0.4, -0.2) is 50.2 Å². The Hall–Kier alpha value is -3.61. The second-order valence-electron chi connectivity index (χ2n) is 6.63. The van der Waals surface area contributed by atoms with Gasteiger partial charge in [0.15, 0.2) is 17.3 Å². The van der Waals surface area contributed by atoms with Gasteiger partial charge in [-0.25, -0.2) is 0 Å². The molecule has 0 radical (unpaired) electrons. The first kappa shape index (κ1) is 18.7. The van der Waals surface area contributed by atoms with E-state index in [-0.39, 0.29) is 17.8 Å². The molecule has 0 atom stereocenters. The van der Waals surface area contributed by atoms with Gasteiger partial charge in [-0.15, -0.1) is 0 Å². The third-order valence-corrected chi connectivity index (χ3v) is 5.19. The van der Waals surface area contributed by atoms with Crippen LogP contribution < -0.4 is 14.2 Å². The molecule has 2 aromatic rings. The van der Waals surface area contributed by atoms with E-state index in [4.69, 9.17) is 14.2 Å². The fourth-order valence-corrected chi connectivity index (χ4v) is 3.89. The third-order valence-electron chi connectivity index (χ3n) is 5.19. The Kier molecular flexibility index (Phi) is 4.58. The molecular formula is C22H19NO6. The summed E-state index contributed by atoms with van der Waals surface area (Å²) in [6.07, 6.45) is 0.487. The number of hydrogen-bond donors (Lipinski definition) is 0. The van der Waals surface area contributed by atoms with Crippen molar-refractivity contribution in [1.82, 2.24) is 4.90 Å². The lowest BCUT2D eigenvalue weighted by atomic mass is 9.91. The molecule has 0 saturated carbocycles. The molecule has 7 nitrogen and oxygen atoms in total. The van der Waals surface area contributed by atoms with Gasteiger partial charge in [0.25, 0.3) is 11.7 Å². The van der Waals surface area contributed by atoms with Crippen LogP contribution in [0.5, 0.6) is 17.2 Å². The lowest BCUT2D eigenvalue weighted by Gasteiger charge is -2.30. The molecule has 0 fully saturated rings. The predicted octanol–water partition coefficient (Wildman–Crippen LogP) is 2.27. The third kappa shape index (κ3) is 2.69. The van der Waals surface area contributed by atoms with Crippen molar-refractivity contribution >= 4 is 23.2 Å². The summed E-state index contributed by atoms with van der Waals surface area (Å²) in [5.41, 5.74) is 1.78. The summed E-state index contributed by atoms with van der Waals surface area (Å²) in [6.45, 7) is 0.289. The summed E-state index contributed by atoms with van der Waals surface area (Å²) in [6, 6.07) is 10.2. The van der Waals surface area contributed by atoms with Crippen molar-refractivity contribution in [2.75, 3.05) is 27.9 Å². The first-order valence-corrected chi connectivity index (χ1v) is 9.05. The van der Waals surface area contributed by atoms with E-state index in [1.54, 1.807) is 36.4 Å². The standard InChI is InChI=1S/C22H19NO6/c1-27-14-11-13-9-10-23-17(15(13)21(29-3)20(14)28-2)16(19(25)22(23)26)18(24)12-7-5-4-6-8-12/h4-8,11H,9-10H2,1-3H3. The van der Waals surface area contributed by atoms with E-state index in [1.807, 2.05) is 0 Å². The SMILES string of the molecule is COc1cc2c(c(OC)c1OC)C1=C(C(=O)c3ccccc3)C(=O)C(=O)N1CC2. The Labute approximate surface area is 167 Å². The molecule has 2 aliphatic rings. The number of fused-ring (bicyclic) bond motifs is 3. The molecule has 29 heavy (non-hydrogen) atoms. The van der Waals surface area contributed by atoms with Gasteiger partial charge in [-0.2, -0.15) is 0 Å². The zero-order chi connectivity index (χ0) is 20.7. The van der Waals surface area contributed by atoms with Gasteiger partial charge in [0.1, 0.15) is 5.57 Å². The number of nitrogens with zero attached hydrogens (tertiary/aromatic N) is 1. The van der Waals surface area contributed by atoms with Crippen LogP contribution in [0.15, 0.2) is 42.0 Å². The van der Waals surface area contributed by atoms with Gasteiger partial charge >= 0.3 is 0 Å². The number of carbonyl (C=O) groups is 3. The largest absolute Gasteiger partial charge is 0.493 e. The van der Waals surface area contributed by atoms with Crippen molar-refractivity contribution < 1.29 is 28.6 Å². The number of amides is 1. The monoisotopic (exact) mass is 393 g/mol. The molecule has 0 N–H and O–H groups in total. The molecule has 2 heterocycles. The van der Waals surface area contributed by atoms with Crippen LogP contribution in [-0.2, 0) is 16.0 Å². The average Bonchev–Trinajstić information content (AvgIpc) is 3.02. The Morgan fingerprint density at radius 2 is 1.66 bits per heavy atom. The summed E-state index contributed by atoms with van der Waals surface area (Å²) >= 11 is 0. The molecular weight excluding hydrogens is 374 g/mol. The predicted molar refractivity (Wildman–Crippen MR) is 104 cm³/mol. The smallest absolute Gasteiger partial charge is 0.299 e. The highest BCUT2D eigenvalue weighted by Crippen LogP contribution is 2.49. The van der Waals surface area contributed by atoms with Crippen LogP contribution in [0.3, 0.4) is 0 Å². The Morgan fingerprint density at radius 3 is 2.28 bits per heavy atom. The minimum Gasteiger partial charge on any atom is -0.493 e. The molecule has 0 aromatic heterocycles. The molecule has 2 aromatic carbocycles. The van der Waals surface area contributed by atoms with E-state index in [2.05, 4.69) is 0 Å². The molecule has 1 amide bonds. The minimum absolute atomic E-state index is 0.146. The van der Waals surface area contributed by atoms with Crippen molar-refractivity contribution in [3.8, 4) is 17.2 Å². The van der Waals surface area contributed by atoms with E-state index in [0.29, 0.717) is 34.8 Å². The van der Waals surface area contributed by atoms with Crippen LogP contribution >= 0.6 is 0 Å². The normalized spacial score (nSPS) is 15.2. The van der Waals surface area contributed by atoms with Gasteiger partial charge in [0.2, 0.25) is 5.75 Å². The fraction of sp³-hybridized carbons (Fsp3) is 0.227. The zero-order valence-electron chi connectivity index (χ0n) is 16.3. The number of rotatable bonds is 5. The van der Waals surface area contributed by atoms with Crippen LogP contribution in [0.1, 0.15) is 21.5 Å². The second-order valence-corrected chi connectivity index (χ2v) is 6.63. The van der Waals surface area contributed by atoms with Crippen LogP contribution in [0.25, 0.3) is 5.70 Å². The molecule has 0 saturated heterocycles. The Morgan fingerprint density at radius 1 is 0.966 bits per heavy atom. The van der Waals surface area contributed by atoms with E-state index in [0.717, 1.165) is 5.56 Å². The molecule has 7 heteroatoms. The summed E-state index contributed by atoms with van der Waals surface area (Å²) < 4.78 is 16.5. The Balaban J connectivity index is 2.03. The Bertz CT molecular complexity index is 1070. The average molecular weight is 393 g/mol. The number of carbonyl (C=O) groups excluding carboxylic acids is 3. The lowest BCUT2D eigenvalue weighted by molar-refractivity contribution is -0.139. The summed E-state index contributed by atoms with van der Waals surface area (Å²) in [4.78, 5) is 40.0. The first-order valence-electron chi connectivity index (χ1n) is 9.05. The summed E-state index contributed by atoms with van der Waals surface area (Å²) in [5, 5.41) is 0. The molecule has 0 unspecified atom stereocenters. The maximum absolute atomic E-state index is 13.2. The maximum Gasteiger partial charge on any atom is 0.299 e. The highest BCUT2D eigenvalue weighted by molar-refractivity contribution is 6.56. The highest BCUT2D eigenvalue weighted by atomic mass is 16.5. The fourth-order valence-electron chi connectivity index (χ4n) is 3.89. The minimum atomic E-state index is -0.807. The topological polar surface area (TPSA) is 82.1 Å². The van der Waals surface area contributed by atoms with Crippen LogP contribution in [0.4, 0.5) is 0 Å². The van der Waals surface area contributed by atoms with Gasteiger partial charge in [-0.1, -0.05) is 30.3 Å². The number of methoxy groups -OCH3 is 3. The first-order chi connectivity index (χ1) is 14.0. The number of Topliss-reactive ketones (excluding diaryl/α,β-unsaturated/α-hetero) is 2. The van der Waals surface area contributed by atoms with E-state index in [9.17, 15) is 14.4 Å². The molecule has 0 spiro atoms. The van der Waals surface area contributed by atoms with Crippen LogP contribution in [0, 0.1) is 0 Å². The number of hydrogen-bond acceptors (Lipinski definition) is 6. The van der Waals surface area contributed by atoms with E-state index >= 15 is 0 Å².